The first-order chi connectivity index (χ1) is 6.70. The summed E-state index contributed by atoms with van der Waals surface area (Å²) in [6.45, 7) is 2.14. The highest BCUT2D eigenvalue weighted by Crippen LogP contribution is 1.93. The molecule has 0 fully saturated rings. The molecule has 0 N–H and O–H groups in total. The fraction of sp³-hybridized carbons (Fsp3) is 0.714. The number of carbonyl (C=O) groups is 2. The van der Waals surface area contributed by atoms with Crippen molar-refractivity contribution in [2.24, 2.45) is 0 Å². The largest absolute Gasteiger partial charge is 0.582 e. The van der Waals surface area contributed by atoms with Gasteiger partial charge >= 0.3 is 12.3 Å². The minimum Gasteiger partial charge on any atom is -0.432 e. The molecule has 0 heterocycles. The summed E-state index contributed by atoms with van der Waals surface area (Å²) < 4.78 is 4.48. The molecule has 0 aliphatic carbocycles. The van der Waals surface area contributed by atoms with E-state index in [0.29, 0.717) is 6.42 Å². The SMILES string of the molecule is CCCCOC(=O)OOC(=O)OOC. The van der Waals surface area contributed by atoms with Crippen LogP contribution in [0.5, 0.6) is 0 Å². The maximum absolute atomic E-state index is 10.6. The lowest BCUT2D eigenvalue weighted by atomic mass is 10.4. The molecule has 7 nitrogen and oxygen atoms in total. The third kappa shape index (κ3) is 7.17. The Balaban J connectivity index is 3.39. The van der Waals surface area contributed by atoms with Gasteiger partial charge < -0.3 is 4.74 Å². The summed E-state index contributed by atoms with van der Waals surface area (Å²) in [6, 6.07) is 0. The van der Waals surface area contributed by atoms with Crippen molar-refractivity contribution >= 4 is 12.3 Å². The van der Waals surface area contributed by atoms with Crippen LogP contribution in [0.3, 0.4) is 0 Å². The van der Waals surface area contributed by atoms with Gasteiger partial charge in [0.2, 0.25) is 0 Å². The van der Waals surface area contributed by atoms with Gasteiger partial charge in [-0.2, -0.15) is 24.3 Å². The first kappa shape index (κ1) is 12.5. The van der Waals surface area contributed by atoms with Crippen LogP contribution >= 0.6 is 0 Å². The molecule has 0 atom stereocenters. The van der Waals surface area contributed by atoms with Gasteiger partial charge in [0.1, 0.15) is 0 Å². The summed E-state index contributed by atoms with van der Waals surface area (Å²) in [6.07, 6.45) is -0.816. The van der Waals surface area contributed by atoms with Crippen LogP contribution in [-0.4, -0.2) is 26.0 Å². The number of hydrogen-bond donors (Lipinski definition) is 0. The van der Waals surface area contributed by atoms with Gasteiger partial charge in [-0.1, -0.05) is 13.3 Å². The molecule has 0 saturated heterocycles. The Bertz CT molecular complexity index is 179. The lowest BCUT2D eigenvalue weighted by Gasteiger charge is -2.02. The number of rotatable bonds is 4. The summed E-state index contributed by atoms with van der Waals surface area (Å²) >= 11 is 0. The molecule has 0 bridgehead atoms. The van der Waals surface area contributed by atoms with E-state index in [0.717, 1.165) is 13.5 Å². The van der Waals surface area contributed by atoms with Crippen molar-refractivity contribution in [3.63, 3.8) is 0 Å². The van der Waals surface area contributed by atoms with Crippen LogP contribution in [0.2, 0.25) is 0 Å². The zero-order valence-corrected chi connectivity index (χ0v) is 7.98. The van der Waals surface area contributed by atoms with E-state index in [1.807, 2.05) is 6.92 Å². The van der Waals surface area contributed by atoms with E-state index < -0.39 is 12.3 Å². The van der Waals surface area contributed by atoms with E-state index in [4.69, 9.17) is 0 Å². The average Bonchev–Trinajstić information content (AvgIpc) is 2.16. The Kier molecular flexibility index (Phi) is 7.24. The van der Waals surface area contributed by atoms with E-state index in [-0.39, 0.29) is 6.61 Å². The maximum Gasteiger partial charge on any atom is 0.582 e. The Morgan fingerprint density at radius 3 is 2.29 bits per heavy atom. The van der Waals surface area contributed by atoms with Gasteiger partial charge in [-0.05, 0) is 6.42 Å². The average molecular weight is 208 g/mol. The molecule has 0 aliphatic rings. The van der Waals surface area contributed by atoms with Crippen LogP contribution < -0.4 is 0 Å². The molecule has 0 aromatic carbocycles. The van der Waals surface area contributed by atoms with E-state index in [2.05, 4.69) is 24.3 Å². The Hall–Kier alpha value is -1.50. The van der Waals surface area contributed by atoms with Crippen molar-refractivity contribution in [3.05, 3.63) is 0 Å². The molecule has 0 aliphatic heterocycles. The van der Waals surface area contributed by atoms with Crippen LogP contribution in [-0.2, 0) is 24.3 Å². The van der Waals surface area contributed by atoms with E-state index >= 15 is 0 Å². The van der Waals surface area contributed by atoms with E-state index in [1.54, 1.807) is 0 Å². The van der Waals surface area contributed by atoms with Gasteiger partial charge in [0.05, 0.1) is 13.7 Å². The minimum absolute atomic E-state index is 0.206. The van der Waals surface area contributed by atoms with Gasteiger partial charge in [0.25, 0.3) is 0 Å². The molecule has 82 valence electrons. The first-order valence-corrected chi connectivity index (χ1v) is 3.96. The smallest absolute Gasteiger partial charge is 0.432 e. The summed E-state index contributed by atoms with van der Waals surface area (Å²) in [5, 5.41) is 0. The van der Waals surface area contributed by atoms with Crippen molar-refractivity contribution in [2.75, 3.05) is 13.7 Å². The molecule has 0 rings (SSSR count). The minimum atomic E-state index is -1.29. The summed E-state index contributed by atoms with van der Waals surface area (Å²) in [4.78, 5) is 36.4. The predicted molar refractivity (Wildman–Crippen MR) is 41.9 cm³/mol. The van der Waals surface area contributed by atoms with Crippen LogP contribution in [0.1, 0.15) is 19.8 Å². The van der Waals surface area contributed by atoms with Crippen molar-refractivity contribution in [3.8, 4) is 0 Å². The highest BCUT2D eigenvalue weighted by atomic mass is 17.3. The molecule has 0 amide bonds. The van der Waals surface area contributed by atoms with E-state index in [1.165, 1.54) is 0 Å². The summed E-state index contributed by atoms with van der Waals surface area (Å²) in [5.41, 5.74) is 0. The van der Waals surface area contributed by atoms with Crippen LogP contribution in [0.15, 0.2) is 0 Å². The van der Waals surface area contributed by atoms with Crippen molar-refractivity contribution in [1.82, 2.24) is 0 Å². The molecule has 14 heavy (non-hydrogen) atoms. The fourth-order valence-electron chi connectivity index (χ4n) is 0.474. The third-order valence-corrected chi connectivity index (χ3v) is 1.05. The highest BCUT2D eigenvalue weighted by molar-refractivity contribution is 5.63. The van der Waals surface area contributed by atoms with E-state index in [9.17, 15) is 9.59 Å². The molecular weight excluding hydrogens is 196 g/mol. The van der Waals surface area contributed by atoms with Crippen LogP contribution in [0.25, 0.3) is 0 Å². The number of carbonyl (C=O) groups excluding carboxylic acids is 2. The number of ether oxygens (including phenoxy) is 1. The number of unbranched alkanes of at least 4 members (excludes halogenated alkanes) is 1. The van der Waals surface area contributed by atoms with Crippen molar-refractivity contribution in [2.45, 2.75) is 19.8 Å². The Morgan fingerprint density at radius 1 is 1.07 bits per heavy atom. The molecule has 0 aromatic rings. The van der Waals surface area contributed by atoms with Gasteiger partial charge in [-0.3, -0.25) is 4.89 Å². The maximum atomic E-state index is 10.6. The first-order valence-electron chi connectivity index (χ1n) is 3.96. The summed E-state index contributed by atoms with van der Waals surface area (Å²) in [7, 11) is 1.10. The Morgan fingerprint density at radius 2 is 1.71 bits per heavy atom. The van der Waals surface area contributed by atoms with Gasteiger partial charge in [-0.25, -0.2) is 0 Å². The van der Waals surface area contributed by atoms with Crippen LogP contribution in [0, 0.1) is 0 Å². The zero-order valence-electron chi connectivity index (χ0n) is 7.98. The Labute approximate surface area is 80.7 Å². The molecule has 0 radical (unpaired) electrons. The second-order valence-corrected chi connectivity index (χ2v) is 2.12. The quantitative estimate of drug-likeness (QED) is 0.300. The third-order valence-electron chi connectivity index (χ3n) is 1.05. The van der Waals surface area contributed by atoms with Crippen molar-refractivity contribution in [1.29, 1.82) is 0 Å². The topological polar surface area (TPSA) is 80.3 Å². The lowest BCUT2D eigenvalue weighted by molar-refractivity contribution is -0.289. The van der Waals surface area contributed by atoms with Gasteiger partial charge in [0, 0.05) is 0 Å². The molecule has 0 spiro atoms. The summed E-state index contributed by atoms with van der Waals surface area (Å²) in [5.74, 6) is 0. The van der Waals surface area contributed by atoms with Gasteiger partial charge in [-0.15, -0.1) is 0 Å². The molecule has 7 heteroatoms. The fourth-order valence-corrected chi connectivity index (χ4v) is 0.474. The van der Waals surface area contributed by atoms with Gasteiger partial charge in [0.15, 0.2) is 0 Å². The number of hydrogen-bond acceptors (Lipinski definition) is 7. The predicted octanol–water partition coefficient (Wildman–Crippen LogP) is 1.57. The lowest BCUT2D eigenvalue weighted by Crippen LogP contribution is -2.13. The molecular formula is C7H12O7. The molecule has 0 saturated carbocycles. The second kappa shape index (κ2) is 8.11. The normalized spacial score (nSPS) is 9.00. The van der Waals surface area contributed by atoms with Crippen molar-refractivity contribution < 1.29 is 33.9 Å². The monoisotopic (exact) mass is 208 g/mol. The second-order valence-electron chi connectivity index (χ2n) is 2.12. The molecule has 0 unspecified atom stereocenters. The standard InChI is InChI=1S/C7H12O7/c1-3-4-5-11-6(8)13-14-7(9)12-10-2/h3-5H2,1-2H3. The zero-order chi connectivity index (χ0) is 10.8. The molecule has 0 aromatic heterocycles. The highest BCUT2D eigenvalue weighted by Gasteiger charge is 2.11. The van der Waals surface area contributed by atoms with Crippen LogP contribution in [0.4, 0.5) is 9.59 Å².